The summed E-state index contributed by atoms with van der Waals surface area (Å²) >= 11 is 0. The van der Waals surface area contributed by atoms with Gasteiger partial charge < -0.3 is 5.11 Å². The van der Waals surface area contributed by atoms with Crippen LogP contribution in [0.5, 0.6) is 0 Å². The van der Waals surface area contributed by atoms with Gasteiger partial charge in [0.2, 0.25) is 0 Å². The Balaban J connectivity index is 2.18. The molecule has 2 aliphatic rings. The largest absolute Gasteiger partial charge is 0.390 e. The molecule has 1 heteroatoms. The molecule has 0 bridgehead atoms. The predicted octanol–water partition coefficient (Wildman–Crippen LogP) is 3.92. The zero-order valence-electron chi connectivity index (χ0n) is 11.2. The summed E-state index contributed by atoms with van der Waals surface area (Å²) in [6, 6.07) is 0. The Morgan fingerprint density at radius 3 is 2.69 bits per heavy atom. The summed E-state index contributed by atoms with van der Waals surface area (Å²) in [6.07, 6.45) is 8.68. The standard InChI is InChI=1S/C15H26O/c1-11-6-5-8-15(4)9-7-12(10-13(11)15)14(2,3)16/h6,12-13,16H,5,7-10H2,1-4H3/t12-,13+,15+/m0/s1. The van der Waals surface area contributed by atoms with E-state index in [2.05, 4.69) is 19.9 Å². The Morgan fingerprint density at radius 2 is 2.06 bits per heavy atom. The Hall–Kier alpha value is -0.300. The lowest BCUT2D eigenvalue weighted by molar-refractivity contribution is -0.0373. The lowest BCUT2D eigenvalue weighted by atomic mass is 9.56. The highest BCUT2D eigenvalue weighted by atomic mass is 16.3. The Labute approximate surface area is 99.9 Å². The molecule has 0 aliphatic heterocycles. The minimum absolute atomic E-state index is 0.479. The van der Waals surface area contributed by atoms with Crippen molar-refractivity contribution < 1.29 is 5.11 Å². The number of fused-ring (bicyclic) bond motifs is 1. The smallest absolute Gasteiger partial charge is 0.0620 e. The van der Waals surface area contributed by atoms with Gasteiger partial charge in [0.05, 0.1) is 5.60 Å². The molecule has 1 fully saturated rings. The molecule has 0 unspecified atom stereocenters. The van der Waals surface area contributed by atoms with Gasteiger partial charge in [-0.25, -0.2) is 0 Å². The van der Waals surface area contributed by atoms with Crippen molar-refractivity contribution in [3.8, 4) is 0 Å². The molecule has 0 aromatic rings. The molecule has 0 saturated heterocycles. The maximum absolute atomic E-state index is 10.2. The van der Waals surface area contributed by atoms with Crippen LogP contribution >= 0.6 is 0 Å². The van der Waals surface area contributed by atoms with Gasteiger partial charge in [-0.2, -0.15) is 0 Å². The number of hydrogen-bond acceptors (Lipinski definition) is 1. The van der Waals surface area contributed by atoms with E-state index in [1.54, 1.807) is 5.57 Å². The Morgan fingerprint density at radius 1 is 1.38 bits per heavy atom. The fourth-order valence-corrected chi connectivity index (χ4v) is 3.81. The average Bonchev–Trinajstić information content (AvgIpc) is 2.15. The number of allylic oxidation sites excluding steroid dienone is 2. The summed E-state index contributed by atoms with van der Waals surface area (Å²) in [7, 11) is 0. The van der Waals surface area contributed by atoms with E-state index in [4.69, 9.17) is 0 Å². The fourth-order valence-electron chi connectivity index (χ4n) is 3.81. The van der Waals surface area contributed by atoms with Crippen LogP contribution in [0.25, 0.3) is 0 Å². The van der Waals surface area contributed by atoms with Crippen LogP contribution in [-0.2, 0) is 0 Å². The summed E-state index contributed by atoms with van der Waals surface area (Å²) in [5, 5.41) is 10.2. The maximum atomic E-state index is 10.2. The maximum Gasteiger partial charge on any atom is 0.0620 e. The third kappa shape index (κ3) is 2.07. The number of rotatable bonds is 1. The molecule has 1 nitrogen and oxygen atoms in total. The van der Waals surface area contributed by atoms with Crippen molar-refractivity contribution in [2.75, 3.05) is 0 Å². The zero-order chi connectivity index (χ0) is 12.0. The molecule has 0 aromatic carbocycles. The van der Waals surface area contributed by atoms with Crippen LogP contribution in [0.3, 0.4) is 0 Å². The van der Waals surface area contributed by atoms with Crippen LogP contribution in [0.4, 0.5) is 0 Å². The van der Waals surface area contributed by atoms with Gasteiger partial charge in [0.25, 0.3) is 0 Å². The van der Waals surface area contributed by atoms with Crippen molar-refractivity contribution in [2.45, 2.75) is 65.4 Å². The minimum atomic E-state index is -0.501. The molecular weight excluding hydrogens is 196 g/mol. The van der Waals surface area contributed by atoms with Crippen molar-refractivity contribution in [1.29, 1.82) is 0 Å². The first-order valence-electron chi connectivity index (χ1n) is 6.72. The monoisotopic (exact) mass is 222 g/mol. The second-order valence-corrected chi connectivity index (χ2v) is 6.82. The molecule has 1 saturated carbocycles. The molecule has 2 rings (SSSR count). The Bertz CT molecular complexity index is 297. The van der Waals surface area contributed by atoms with E-state index in [1.165, 1.54) is 32.1 Å². The van der Waals surface area contributed by atoms with Gasteiger partial charge in [0.1, 0.15) is 0 Å². The minimum Gasteiger partial charge on any atom is -0.390 e. The highest BCUT2D eigenvalue weighted by Gasteiger charge is 2.44. The molecule has 3 atom stereocenters. The van der Waals surface area contributed by atoms with Gasteiger partial charge in [-0.3, -0.25) is 0 Å². The molecule has 0 radical (unpaired) electrons. The van der Waals surface area contributed by atoms with E-state index in [0.29, 0.717) is 17.3 Å². The molecule has 1 N–H and O–H groups in total. The normalized spacial score (nSPS) is 40.2. The van der Waals surface area contributed by atoms with Crippen LogP contribution in [0, 0.1) is 17.3 Å². The average molecular weight is 222 g/mol. The summed E-state index contributed by atoms with van der Waals surface area (Å²) in [6.45, 7) is 8.69. The Kier molecular flexibility index (Phi) is 2.94. The van der Waals surface area contributed by atoms with Crippen molar-refractivity contribution in [1.82, 2.24) is 0 Å². The highest BCUT2D eigenvalue weighted by Crippen LogP contribution is 2.53. The van der Waals surface area contributed by atoms with Crippen molar-refractivity contribution in [2.24, 2.45) is 17.3 Å². The third-order valence-corrected chi connectivity index (χ3v) is 5.16. The quantitative estimate of drug-likeness (QED) is 0.667. The van der Waals surface area contributed by atoms with E-state index in [-0.39, 0.29) is 0 Å². The highest BCUT2D eigenvalue weighted by molar-refractivity contribution is 5.15. The summed E-state index contributed by atoms with van der Waals surface area (Å²) in [5.74, 6) is 1.19. The topological polar surface area (TPSA) is 20.2 Å². The molecule has 0 heterocycles. The van der Waals surface area contributed by atoms with Crippen LogP contribution in [0.15, 0.2) is 11.6 Å². The van der Waals surface area contributed by atoms with E-state index in [9.17, 15) is 5.11 Å². The van der Waals surface area contributed by atoms with Crippen LogP contribution in [0.2, 0.25) is 0 Å². The van der Waals surface area contributed by atoms with E-state index >= 15 is 0 Å². The second-order valence-electron chi connectivity index (χ2n) is 6.82. The van der Waals surface area contributed by atoms with E-state index < -0.39 is 5.60 Å². The number of hydrogen-bond donors (Lipinski definition) is 1. The lowest BCUT2D eigenvalue weighted by Crippen LogP contribution is -2.43. The summed E-state index contributed by atoms with van der Waals surface area (Å²) in [5.41, 5.74) is 1.59. The summed E-state index contributed by atoms with van der Waals surface area (Å²) < 4.78 is 0. The van der Waals surface area contributed by atoms with Crippen molar-refractivity contribution in [3.63, 3.8) is 0 Å². The van der Waals surface area contributed by atoms with Gasteiger partial charge >= 0.3 is 0 Å². The molecule has 2 aliphatic carbocycles. The lowest BCUT2D eigenvalue weighted by Gasteiger charge is -2.49. The molecule has 0 spiro atoms. The fraction of sp³-hybridized carbons (Fsp3) is 0.867. The van der Waals surface area contributed by atoms with Crippen molar-refractivity contribution >= 4 is 0 Å². The molecule has 0 aromatic heterocycles. The molecule has 16 heavy (non-hydrogen) atoms. The SMILES string of the molecule is CC1=CCC[C@]2(C)CC[C@H](C(C)(C)O)C[C@H]12. The summed E-state index contributed by atoms with van der Waals surface area (Å²) in [4.78, 5) is 0. The van der Waals surface area contributed by atoms with E-state index in [1.807, 2.05) is 13.8 Å². The van der Waals surface area contributed by atoms with E-state index in [0.717, 1.165) is 0 Å². The first-order chi connectivity index (χ1) is 7.33. The van der Waals surface area contributed by atoms with Crippen LogP contribution < -0.4 is 0 Å². The first kappa shape index (κ1) is 12.2. The van der Waals surface area contributed by atoms with Gasteiger partial charge in [-0.05, 0) is 70.1 Å². The van der Waals surface area contributed by atoms with Gasteiger partial charge in [0, 0.05) is 0 Å². The van der Waals surface area contributed by atoms with Gasteiger partial charge in [-0.15, -0.1) is 0 Å². The van der Waals surface area contributed by atoms with Gasteiger partial charge in [-0.1, -0.05) is 18.6 Å². The van der Waals surface area contributed by atoms with Crippen molar-refractivity contribution in [3.05, 3.63) is 11.6 Å². The molecule has 92 valence electrons. The predicted molar refractivity (Wildman–Crippen MR) is 68.2 cm³/mol. The van der Waals surface area contributed by atoms with Gasteiger partial charge in [0.15, 0.2) is 0 Å². The first-order valence-corrected chi connectivity index (χ1v) is 6.72. The zero-order valence-corrected chi connectivity index (χ0v) is 11.2. The number of aliphatic hydroxyl groups is 1. The van der Waals surface area contributed by atoms with Crippen LogP contribution in [-0.4, -0.2) is 10.7 Å². The molecular formula is C15H26O. The molecule has 0 amide bonds. The third-order valence-electron chi connectivity index (χ3n) is 5.16. The second kappa shape index (κ2) is 3.87. The van der Waals surface area contributed by atoms with Crippen LogP contribution in [0.1, 0.15) is 59.8 Å².